The average Bonchev–Trinajstić information content (AvgIpc) is 2.16. The number of carboxylic acid groups (broad SMARTS) is 1. The maximum Gasteiger partial charge on any atom is 0.335 e. The maximum atomic E-state index is 13.1. The molecule has 3 nitrogen and oxygen atoms in total. The van der Waals surface area contributed by atoms with E-state index in [1.165, 1.54) is 19.2 Å². The van der Waals surface area contributed by atoms with Crippen LogP contribution in [0, 0.1) is 5.82 Å². The molecule has 76 valence electrons. The maximum absolute atomic E-state index is 13.1. The van der Waals surface area contributed by atoms with Crippen molar-refractivity contribution in [3.63, 3.8) is 0 Å². The van der Waals surface area contributed by atoms with Gasteiger partial charge in [-0.25, -0.2) is 9.18 Å². The fourth-order valence-corrected chi connectivity index (χ4v) is 1.53. The summed E-state index contributed by atoms with van der Waals surface area (Å²) in [4.78, 5) is 10.9. The van der Waals surface area contributed by atoms with Crippen LogP contribution in [0.25, 0.3) is 0 Å². The second-order valence-electron chi connectivity index (χ2n) is 2.50. The van der Waals surface area contributed by atoms with E-state index in [1.807, 2.05) is 0 Å². The Labute approximate surface area is 84.9 Å². The van der Waals surface area contributed by atoms with E-state index in [4.69, 9.17) is 9.84 Å². The SMILES string of the molecule is COCSc1cc(C(=O)O)ccc1F. The fraction of sp³-hybridized carbons (Fsp3) is 0.222. The van der Waals surface area contributed by atoms with Crippen LogP contribution in [0.4, 0.5) is 4.39 Å². The van der Waals surface area contributed by atoms with Crippen molar-refractivity contribution in [1.82, 2.24) is 0 Å². The predicted molar refractivity (Wildman–Crippen MR) is 51.1 cm³/mol. The van der Waals surface area contributed by atoms with Crippen molar-refractivity contribution in [2.45, 2.75) is 4.90 Å². The second-order valence-corrected chi connectivity index (χ2v) is 3.47. The monoisotopic (exact) mass is 216 g/mol. The molecule has 0 radical (unpaired) electrons. The number of carboxylic acids is 1. The molecule has 0 aliphatic carbocycles. The van der Waals surface area contributed by atoms with E-state index < -0.39 is 11.8 Å². The molecule has 0 aliphatic rings. The lowest BCUT2D eigenvalue weighted by molar-refractivity contribution is 0.0696. The minimum Gasteiger partial charge on any atom is -0.478 e. The smallest absolute Gasteiger partial charge is 0.335 e. The fourth-order valence-electron chi connectivity index (χ4n) is 0.869. The van der Waals surface area contributed by atoms with Crippen LogP contribution >= 0.6 is 11.8 Å². The van der Waals surface area contributed by atoms with Crippen LogP contribution in [0.2, 0.25) is 0 Å². The predicted octanol–water partition coefficient (Wildman–Crippen LogP) is 2.22. The Morgan fingerprint density at radius 2 is 2.36 bits per heavy atom. The number of benzene rings is 1. The van der Waals surface area contributed by atoms with Crippen molar-refractivity contribution < 1.29 is 19.0 Å². The highest BCUT2D eigenvalue weighted by atomic mass is 32.2. The van der Waals surface area contributed by atoms with Crippen LogP contribution in [0.1, 0.15) is 10.4 Å². The van der Waals surface area contributed by atoms with Gasteiger partial charge in [-0.1, -0.05) is 11.8 Å². The molecule has 0 saturated heterocycles. The third-order valence-electron chi connectivity index (χ3n) is 1.51. The zero-order valence-electron chi connectivity index (χ0n) is 7.49. The van der Waals surface area contributed by atoms with Gasteiger partial charge in [0.15, 0.2) is 0 Å². The third-order valence-corrected chi connectivity index (χ3v) is 2.49. The minimum absolute atomic E-state index is 0.0741. The number of aromatic carboxylic acids is 1. The van der Waals surface area contributed by atoms with Gasteiger partial charge in [0.1, 0.15) is 5.82 Å². The van der Waals surface area contributed by atoms with Crippen LogP contribution in [0.15, 0.2) is 23.1 Å². The third kappa shape index (κ3) is 2.71. The van der Waals surface area contributed by atoms with Gasteiger partial charge in [0.2, 0.25) is 0 Å². The van der Waals surface area contributed by atoms with Gasteiger partial charge in [0.25, 0.3) is 0 Å². The lowest BCUT2D eigenvalue weighted by Crippen LogP contribution is -1.97. The van der Waals surface area contributed by atoms with Crippen LogP contribution in [0.3, 0.4) is 0 Å². The molecule has 0 heterocycles. The molecule has 0 atom stereocenters. The van der Waals surface area contributed by atoms with E-state index >= 15 is 0 Å². The van der Waals surface area contributed by atoms with Gasteiger partial charge in [-0.05, 0) is 18.2 Å². The van der Waals surface area contributed by atoms with E-state index in [0.717, 1.165) is 17.8 Å². The van der Waals surface area contributed by atoms with Crippen LogP contribution in [0.5, 0.6) is 0 Å². The summed E-state index contributed by atoms with van der Waals surface area (Å²) < 4.78 is 17.8. The highest BCUT2D eigenvalue weighted by Crippen LogP contribution is 2.22. The zero-order chi connectivity index (χ0) is 10.6. The first-order chi connectivity index (χ1) is 6.65. The number of methoxy groups -OCH3 is 1. The average molecular weight is 216 g/mol. The molecule has 14 heavy (non-hydrogen) atoms. The first-order valence-electron chi connectivity index (χ1n) is 3.79. The van der Waals surface area contributed by atoms with E-state index in [-0.39, 0.29) is 10.5 Å². The van der Waals surface area contributed by atoms with Crippen LogP contribution < -0.4 is 0 Å². The molecule has 0 spiro atoms. The molecule has 1 rings (SSSR count). The molecular formula is C9H9FO3S. The van der Waals surface area contributed by atoms with E-state index in [1.54, 1.807) is 0 Å². The van der Waals surface area contributed by atoms with Crippen molar-refractivity contribution in [3.8, 4) is 0 Å². The molecule has 0 aromatic heterocycles. The molecule has 0 bridgehead atoms. The number of hydrogen-bond acceptors (Lipinski definition) is 3. The zero-order valence-corrected chi connectivity index (χ0v) is 8.31. The summed E-state index contributed by atoms with van der Waals surface area (Å²) in [6.45, 7) is 0. The Bertz CT molecular complexity index is 341. The second kappa shape index (κ2) is 4.97. The van der Waals surface area contributed by atoms with Gasteiger partial charge in [-0.3, -0.25) is 0 Å². The number of hydrogen-bond donors (Lipinski definition) is 1. The molecule has 1 aromatic rings. The summed E-state index contributed by atoms with van der Waals surface area (Å²) in [5.41, 5.74) is 0.0741. The molecule has 1 aromatic carbocycles. The number of rotatable bonds is 4. The Morgan fingerprint density at radius 3 is 2.93 bits per heavy atom. The topological polar surface area (TPSA) is 46.5 Å². The highest BCUT2D eigenvalue weighted by molar-refractivity contribution is 7.99. The van der Waals surface area contributed by atoms with E-state index in [0.29, 0.717) is 5.94 Å². The standard InChI is InChI=1S/C9H9FO3S/c1-13-5-14-8-4-6(9(11)12)2-3-7(8)10/h2-4H,5H2,1H3,(H,11,12). The first-order valence-corrected chi connectivity index (χ1v) is 4.78. The Morgan fingerprint density at radius 1 is 1.64 bits per heavy atom. The normalized spacial score (nSPS) is 10.1. The van der Waals surface area contributed by atoms with Crippen molar-refractivity contribution in [1.29, 1.82) is 0 Å². The van der Waals surface area contributed by atoms with Crippen molar-refractivity contribution in [2.24, 2.45) is 0 Å². The number of halogens is 1. The van der Waals surface area contributed by atoms with Crippen molar-refractivity contribution in [2.75, 3.05) is 13.0 Å². The molecule has 0 aliphatic heterocycles. The van der Waals surface area contributed by atoms with Crippen molar-refractivity contribution in [3.05, 3.63) is 29.6 Å². The van der Waals surface area contributed by atoms with E-state index in [2.05, 4.69) is 0 Å². The number of thioether (sulfide) groups is 1. The Hall–Kier alpha value is -1.07. The quantitative estimate of drug-likeness (QED) is 0.619. The molecule has 5 heteroatoms. The summed E-state index contributed by atoms with van der Waals surface area (Å²) in [7, 11) is 1.49. The van der Waals surface area contributed by atoms with Gasteiger partial charge < -0.3 is 9.84 Å². The first kappa shape index (κ1) is 11.0. The Kier molecular flexibility index (Phi) is 3.91. The largest absolute Gasteiger partial charge is 0.478 e. The van der Waals surface area contributed by atoms with Gasteiger partial charge in [0, 0.05) is 12.0 Å². The molecule has 0 fully saturated rings. The van der Waals surface area contributed by atoms with Gasteiger partial charge >= 0.3 is 5.97 Å². The number of carbonyl (C=O) groups is 1. The van der Waals surface area contributed by atoms with Crippen molar-refractivity contribution >= 4 is 17.7 Å². The molecular weight excluding hydrogens is 207 g/mol. The summed E-state index contributed by atoms with van der Waals surface area (Å²) >= 11 is 1.12. The molecule has 0 unspecified atom stereocenters. The van der Waals surface area contributed by atoms with Crippen LogP contribution in [-0.4, -0.2) is 24.1 Å². The van der Waals surface area contributed by atoms with Gasteiger partial charge in [-0.15, -0.1) is 0 Å². The summed E-state index contributed by atoms with van der Waals surface area (Å²) in [5.74, 6) is -1.21. The lowest BCUT2D eigenvalue weighted by Gasteiger charge is -2.03. The summed E-state index contributed by atoms with van der Waals surface area (Å²) in [6.07, 6.45) is 0. The van der Waals surface area contributed by atoms with Gasteiger partial charge in [0.05, 0.1) is 11.5 Å². The molecule has 1 N–H and O–H groups in total. The minimum atomic E-state index is -1.07. The highest BCUT2D eigenvalue weighted by Gasteiger charge is 2.08. The van der Waals surface area contributed by atoms with E-state index in [9.17, 15) is 9.18 Å². The summed E-state index contributed by atoms with van der Waals surface area (Å²) in [5, 5.41) is 8.66. The Balaban J connectivity index is 2.90. The van der Waals surface area contributed by atoms with Crippen LogP contribution in [-0.2, 0) is 4.74 Å². The summed E-state index contributed by atoms with van der Waals surface area (Å²) in [6, 6.07) is 3.66. The molecule has 0 amide bonds. The lowest BCUT2D eigenvalue weighted by atomic mass is 10.2. The number of ether oxygens (including phenoxy) is 1. The molecule has 0 saturated carbocycles. The van der Waals surface area contributed by atoms with Gasteiger partial charge in [-0.2, -0.15) is 0 Å².